The lowest BCUT2D eigenvalue weighted by Gasteiger charge is -2.29. The molecule has 10 heteroatoms. The topological polar surface area (TPSA) is 124 Å². The Hall–Kier alpha value is -4.21. The summed E-state index contributed by atoms with van der Waals surface area (Å²) in [6.07, 6.45) is -1.11. The van der Waals surface area contributed by atoms with Crippen molar-refractivity contribution >= 4 is 30.7 Å². The fraction of sp³-hybridized carbons (Fsp3) is 0.346. The van der Waals surface area contributed by atoms with Crippen molar-refractivity contribution in [3.63, 3.8) is 0 Å². The molecule has 1 N–H and O–H groups in total. The van der Waals surface area contributed by atoms with Gasteiger partial charge in [0.25, 0.3) is 5.91 Å². The van der Waals surface area contributed by atoms with Crippen LogP contribution in [0.15, 0.2) is 65.7 Å². The number of amides is 2. The van der Waals surface area contributed by atoms with Crippen molar-refractivity contribution in [2.75, 3.05) is 6.61 Å². The maximum atomic E-state index is 13.2. The van der Waals surface area contributed by atoms with Crippen LogP contribution in [0, 0.1) is 0 Å². The summed E-state index contributed by atoms with van der Waals surface area (Å²) in [6.45, 7) is 6.57. The number of hydrogen-bond acceptors (Lipinski definition) is 8. The first kappa shape index (κ1) is 28.0. The van der Waals surface area contributed by atoms with Gasteiger partial charge in [-0.3, -0.25) is 14.6 Å². The molecular formula is C26H31N3O7. The number of ether oxygens (including phenoxy) is 3. The molecule has 36 heavy (non-hydrogen) atoms. The number of aliphatic imine (C=N–C) groups is 1. The lowest BCUT2D eigenvalue weighted by Crippen LogP contribution is -2.56. The Balaban J connectivity index is 2.00. The van der Waals surface area contributed by atoms with Crippen molar-refractivity contribution in [1.29, 1.82) is 0 Å². The summed E-state index contributed by atoms with van der Waals surface area (Å²) < 4.78 is 15.4. The van der Waals surface area contributed by atoms with Crippen molar-refractivity contribution in [1.82, 2.24) is 10.4 Å². The second-order valence-electron chi connectivity index (χ2n) is 7.69. The Labute approximate surface area is 210 Å². The van der Waals surface area contributed by atoms with Crippen molar-refractivity contribution in [3.05, 3.63) is 71.8 Å². The molecule has 0 saturated carbocycles. The monoisotopic (exact) mass is 497 g/mol. The number of hydrazine groups is 1. The molecule has 0 aliphatic carbocycles. The molecule has 0 aliphatic heterocycles. The van der Waals surface area contributed by atoms with Gasteiger partial charge in [0.2, 0.25) is 0 Å². The van der Waals surface area contributed by atoms with Gasteiger partial charge in [-0.1, -0.05) is 60.7 Å². The number of esters is 2. The van der Waals surface area contributed by atoms with E-state index in [2.05, 4.69) is 17.1 Å². The molecule has 0 bridgehead atoms. The van der Waals surface area contributed by atoms with Gasteiger partial charge in [0.05, 0.1) is 6.61 Å². The van der Waals surface area contributed by atoms with Gasteiger partial charge in [-0.05, 0) is 38.1 Å². The molecule has 0 heterocycles. The van der Waals surface area contributed by atoms with E-state index in [0.29, 0.717) is 0 Å². The summed E-state index contributed by atoms with van der Waals surface area (Å²) in [5, 5.41) is 0.792. The molecule has 192 valence electrons. The van der Waals surface area contributed by atoms with Gasteiger partial charge in [0.15, 0.2) is 0 Å². The summed E-state index contributed by atoms with van der Waals surface area (Å²) in [7, 11) is 0. The molecule has 0 saturated heterocycles. The van der Waals surface area contributed by atoms with Crippen LogP contribution in [0.25, 0.3) is 0 Å². The van der Waals surface area contributed by atoms with Crippen LogP contribution in [0.4, 0.5) is 4.79 Å². The number of nitrogens with one attached hydrogen (secondary N) is 1. The first-order valence-corrected chi connectivity index (χ1v) is 11.5. The van der Waals surface area contributed by atoms with Crippen molar-refractivity contribution < 1.29 is 33.4 Å². The summed E-state index contributed by atoms with van der Waals surface area (Å²) in [4.78, 5) is 53.9. The first-order chi connectivity index (χ1) is 17.3. The molecule has 0 aliphatic rings. The number of rotatable bonds is 12. The van der Waals surface area contributed by atoms with Crippen LogP contribution in [-0.4, -0.2) is 54.4 Å². The molecule has 0 aromatic heterocycles. The van der Waals surface area contributed by atoms with E-state index in [4.69, 9.17) is 14.2 Å². The smallest absolute Gasteiger partial charge is 0.426 e. The van der Waals surface area contributed by atoms with Crippen LogP contribution in [0.5, 0.6) is 0 Å². The van der Waals surface area contributed by atoms with Crippen LogP contribution < -0.4 is 5.43 Å². The maximum Gasteiger partial charge on any atom is 0.426 e. The Morgan fingerprint density at radius 3 is 2.00 bits per heavy atom. The van der Waals surface area contributed by atoms with E-state index in [1.165, 1.54) is 6.92 Å². The minimum atomic E-state index is -1.18. The van der Waals surface area contributed by atoms with E-state index in [-0.39, 0.29) is 32.7 Å². The minimum Gasteiger partial charge on any atom is -0.464 e. The molecule has 2 aromatic carbocycles. The zero-order chi connectivity index (χ0) is 26.3. The molecular weight excluding hydrogens is 466 g/mol. The summed E-state index contributed by atoms with van der Waals surface area (Å²) >= 11 is 0. The average molecular weight is 498 g/mol. The minimum absolute atomic E-state index is 0.0389. The number of benzene rings is 2. The van der Waals surface area contributed by atoms with Gasteiger partial charge >= 0.3 is 18.0 Å². The highest BCUT2D eigenvalue weighted by atomic mass is 16.6. The fourth-order valence-corrected chi connectivity index (χ4v) is 3.08. The zero-order valence-electron chi connectivity index (χ0n) is 20.4. The highest BCUT2D eigenvalue weighted by Gasteiger charge is 2.33. The third-order valence-corrected chi connectivity index (χ3v) is 5.05. The third-order valence-electron chi connectivity index (χ3n) is 5.05. The van der Waals surface area contributed by atoms with E-state index in [9.17, 15) is 19.2 Å². The largest absolute Gasteiger partial charge is 0.464 e. The Morgan fingerprint density at radius 2 is 1.47 bits per heavy atom. The van der Waals surface area contributed by atoms with E-state index in [1.807, 2.05) is 36.4 Å². The summed E-state index contributed by atoms with van der Waals surface area (Å²) in [5.41, 5.74) is 3.86. The Kier molecular flexibility index (Phi) is 11.6. The summed E-state index contributed by atoms with van der Waals surface area (Å²) in [5.74, 6) is -2.02. The van der Waals surface area contributed by atoms with Crippen LogP contribution in [0.2, 0.25) is 0 Å². The second-order valence-corrected chi connectivity index (χ2v) is 7.69. The molecule has 2 atom stereocenters. The fourth-order valence-electron chi connectivity index (χ4n) is 3.08. The normalized spacial score (nSPS) is 11.9. The second kappa shape index (κ2) is 14.9. The number of carbonyl (C=O) groups excluding carboxylic acids is 4. The molecule has 0 fully saturated rings. The van der Waals surface area contributed by atoms with Gasteiger partial charge in [-0.25, -0.2) is 20.0 Å². The number of hydrogen-bond donors (Lipinski definition) is 1. The third kappa shape index (κ3) is 9.21. The average Bonchev–Trinajstić information content (AvgIpc) is 2.90. The molecule has 2 amide bonds. The number of carbonyl (C=O) groups is 4. The predicted octanol–water partition coefficient (Wildman–Crippen LogP) is 3.20. The predicted molar refractivity (Wildman–Crippen MR) is 132 cm³/mol. The molecule has 10 nitrogen and oxygen atoms in total. The molecule has 2 rings (SSSR count). The highest BCUT2D eigenvalue weighted by Crippen LogP contribution is 2.12. The Morgan fingerprint density at radius 1 is 0.917 bits per heavy atom. The Bertz CT molecular complexity index is 1010. The molecule has 2 aromatic rings. The van der Waals surface area contributed by atoms with E-state index in [0.717, 1.165) is 16.1 Å². The SMILES string of the molecule is C=NC(CCC(=O)OCc1ccccc1)C(=O)N(NC(=O)OCc1ccccc1)C(C)C(=O)OCC. The lowest BCUT2D eigenvalue weighted by molar-refractivity contribution is -0.157. The highest BCUT2D eigenvalue weighted by molar-refractivity contribution is 5.89. The van der Waals surface area contributed by atoms with Crippen molar-refractivity contribution in [2.45, 2.75) is 52.0 Å². The van der Waals surface area contributed by atoms with Gasteiger partial charge in [-0.2, -0.15) is 0 Å². The van der Waals surface area contributed by atoms with Crippen LogP contribution in [0.1, 0.15) is 37.8 Å². The zero-order valence-corrected chi connectivity index (χ0v) is 20.4. The summed E-state index contributed by atoms with van der Waals surface area (Å²) in [6, 6.07) is 15.8. The van der Waals surface area contributed by atoms with Gasteiger partial charge in [0, 0.05) is 6.42 Å². The van der Waals surface area contributed by atoms with E-state index < -0.39 is 36.0 Å². The van der Waals surface area contributed by atoms with Gasteiger partial charge in [0.1, 0.15) is 25.3 Å². The maximum absolute atomic E-state index is 13.2. The van der Waals surface area contributed by atoms with Gasteiger partial charge < -0.3 is 14.2 Å². The standard InChI is InChI=1S/C26H31N3O7/c1-4-34-25(32)19(2)29(28-26(33)36-18-21-13-9-6-10-14-21)24(31)22(27-3)15-16-23(30)35-17-20-11-7-5-8-12-20/h5-14,19,22H,3-4,15-18H2,1-2H3,(H,28,33). The van der Waals surface area contributed by atoms with Crippen molar-refractivity contribution in [2.24, 2.45) is 4.99 Å². The molecule has 2 unspecified atom stereocenters. The van der Waals surface area contributed by atoms with E-state index >= 15 is 0 Å². The van der Waals surface area contributed by atoms with E-state index in [1.54, 1.807) is 31.2 Å². The quantitative estimate of drug-likeness (QED) is 0.207. The molecule has 0 radical (unpaired) electrons. The van der Waals surface area contributed by atoms with Crippen LogP contribution in [-0.2, 0) is 41.8 Å². The number of nitrogens with zero attached hydrogens (tertiary/aromatic N) is 2. The molecule has 0 spiro atoms. The van der Waals surface area contributed by atoms with Gasteiger partial charge in [-0.15, -0.1) is 0 Å². The van der Waals surface area contributed by atoms with Crippen molar-refractivity contribution in [3.8, 4) is 0 Å². The van der Waals surface area contributed by atoms with Crippen LogP contribution in [0.3, 0.4) is 0 Å². The van der Waals surface area contributed by atoms with Crippen LogP contribution >= 0.6 is 0 Å². The first-order valence-electron chi connectivity index (χ1n) is 11.5. The lowest BCUT2D eigenvalue weighted by atomic mass is 10.1.